The first-order valence-corrected chi connectivity index (χ1v) is 7.42. The van der Waals surface area contributed by atoms with Crippen molar-refractivity contribution in [3.05, 3.63) is 52.9 Å². The molecule has 0 fully saturated rings. The van der Waals surface area contributed by atoms with Gasteiger partial charge < -0.3 is 4.42 Å². The lowest BCUT2D eigenvalue weighted by Crippen LogP contribution is -2.38. The van der Waals surface area contributed by atoms with Crippen LogP contribution >= 0.6 is 27.7 Å². The van der Waals surface area contributed by atoms with E-state index in [0.717, 1.165) is 22.2 Å². The standard InChI is InChI=1S/C13H15BrN2OS/c14-12-3-1-2-4-13(12)18-9-11(16-15)7-10-5-6-17-8-10/h1-6,8,11,16H,7,9,15H2. The molecule has 0 radical (unpaired) electrons. The summed E-state index contributed by atoms with van der Waals surface area (Å²) >= 11 is 5.32. The topological polar surface area (TPSA) is 51.2 Å². The summed E-state index contributed by atoms with van der Waals surface area (Å²) in [5, 5.41) is 0. The fourth-order valence-corrected chi connectivity index (χ4v) is 3.22. The zero-order valence-corrected chi connectivity index (χ0v) is 12.2. The molecule has 5 heteroatoms. The molecule has 96 valence electrons. The largest absolute Gasteiger partial charge is 0.472 e. The van der Waals surface area contributed by atoms with Crippen molar-refractivity contribution in [1.29, 1.82) is 0 Å². The van der Waals surface area contributed by atoms with Crippen LogP contribution in [0, 0.1) is 0 Å². The Labute approximate surface area is 119 Å². The molecule has 18 heavy (non-hydrogen) atoms. The Morgan fingerprint density at radius 3 is 2.83 bits per heavy atom. The monoisotopic (exact) mass is 326 g/mol. The van der Waals surface area contributed by atoms with Gasteiger partial charge in [-0.15, -0.1) is 11.8 Å². The second-order valence-corrected chi connectivity index (χ2v) is 5.86. The fourth-order valence-electron chi connectivity index (χ4n) is 1.61. The van der Waals surface area contributed by atoms with Crippen LogP contribution in [0.4, 0.5) is 0 Å². The molecule has 1 aromatic heterocycles. The van der Waals surface area contributed by atoms with Gasteiger partial charge in [-0.05, 0) is 46.1 Å². The first-order valence-electron chi connectivity index (χ1n) is 5.64. The van der Waals surface area contributed by atoms with Crippen LogP contribution in [0.3, 0.4) is 0 Å². The molecule has 2 rings (SSSR count). The molecule has 0 spiro atoms. The molecule has 3 nitrogen and oxygen atoms in total. The predicted octanol–water partition coefficient (Wildman–Crippen LogP) is 3.21. The van der Waals surface area contributed by atoms with Crippen LogP contribution in [-0.2, 0) is 6.42 Å². The van der Waals surface area contributed by atoms with E-state index in [-0.39, 0.29) is 6.04 Å². The van der Waals surface area contributed by atoms with Crippen LogP contribution in [0.5, 0.6) is 0 Å². The summed E-state index contributed by atoms with van der Waals surface area (Å²) in [6.07, 6.45) is 4.31. The van der Waals surface area contributed by atoms with Crippen LogP contribution < -0.4 is 11.3 Å². The Hall–Kier alpha value is -0.750. The van der Waals surface area contributed by atoms with Crippen molar-refractivity contribution in [2.75, 3.05) is 5.75 Å². The van der Waals surface area contributed by atoms with Crippen LogP contribution in [0.1, 0.15) is 5.56 Å². The zero-order valence-electron chi connectivity index (χ0n) is 9.80. The second-order valence-electron chi connectivity index (χ2n) is 3.94. The van der Waals surface area contributed by atoms with Crippen molar-refractivity contribution in [3.63, 3.8) is 0 Å². The molecule has 0 bridgehead atoms. The van der Waals surface area contributed by atoms with Crippen molar-refractivity contribution >= 4 is 27.7 Å². The third kappa shape index (κ3) is 3.88. The van der Waals surface area contributed by atoms with E-state index in [1.165, 1.54) is 4.90 Å². The van der Waals surface area contributed by atoms with Crippen LogP contribution in [-0.4, -0.2) is 11.8 Å². The molecular weight excluding hydrogens is 312 g/mol. The van der Waals surface area contributed by atoms with E-state index in [4.69, 9.17) is 10.3 Å². The van der Waals surface area contributed by atoms with Gasteiger partial charge in [0.15, 0.2) is 0 Å². The van der Waals surface area contributed by atoms with Crippen molar-refractivity contribution in [3.8, 4) is 0 Å². The van der Waals surface area contributed by atoms with Gasteiger partial charge in [0.2, 0.25) is 0 Å². The minimum Gasteiger partial charge on any atom is -0.472 e. The highest BCUT2D eigenvalue weighted by Crippen LogP contribution is 2.27. The van der Waals surface area contributed by atoms with Crippen LogP contribution in [0.15, 0.2) is 56.6 Å². The maximum Gasteiger partial charge on any atom is 0.0935 e. The number of hydrogen-bond acceptors (Lipinski definition) is 4. The fraction of sp³-hybridized carbons (Fsp3) is 0.231. The molecule has 0 aliphatic carbocycles. The first kappa shape index (κ1) is 13.7. The number of halogens is 1. The highest BCUT2D eigenvalue weighted by molar-refractivity contribution is 9.10. The van der Waals surface area contributed by atoms with Gasteiger partial charge in [0.05, 0.1) is 12.5 Å². The summed E-state index contributed by atoms with van der Waals surface area (Å²) < 4.78 is 6.18. The molecule has 1 aromatic carbocycles. The smallest absolute Gasteiger partial charge is 0.0935 e. The number of nitrogens with one attached hydrogen (secondary N) is 1. The molecule has 1 unspecified atom stereocenters. The Morgan fingerprint density at radius 2 is 2.17 bits per heavy atom. The van der Waals surface area contributed by atoms with E-state index in [2.05, 4.69) is 27.4 Å². The minimum absolute atomic E-state index is 0.222. The number of nitrogens with two attached hydrogens (primary N) is 1. The molecule has 1 atom stereocenters. The van der Waals surface area contributed by atoms with Gasteiger partial charge in [0, 0.05) is 21.2 Å². The average molecular weight is 327 g/mol. The Morgan fingerprint density at radius 1 is 1.33 bits per heavy atom. The van der Waals surface area contributed by atoms with Crippen molar-refractivity contribution in [2.45, 2.75) is 17.4 Å². The Kier molecular flexibility index (Phi) is 5.31. The average Bonchev–Trinajstić information content (AvgIpc) is 2.89. The maximum atomic E-state index is 5.59. The lowest BCUT2D eigenvalue weighted by Gasteiger charge is -2.14. The number of furan rings is 1. The van der Waals surface area contributed by atoms with Gasteiger partial charge in [0.25, 0.3) is 0 Å². The Balaban J connectivity index is 1.89. The van der Waals surface area contributed by atoms with E-state index in [1.807, 2.05) is 24.3 Å². The summed E-state index contributed by atoms with van der Waals surface area (Å²) in [6.45, 7) is 0. The van der Waals surface area contributed by atoms with Crippen LogP contribution in [0.25, 0.3) is 0 Å². The third-order valence-corrected chi connectivity index (χ3v) is 4.76. The maximum absolute atomic E-state index is 5.59. The highest BCUT2D eigenvalue weighted by atomic mass is 79.9. The highest BCUT2D eigenvalue weighted by Gasteiger charge is 2.10. The molecule has 0 saturated carbocycles. The molecular formula is C13H15BrN2OS. The second kappa shape index (κ2) is 6.99. The lowest BCUT2D eigenvalue weighted by atomic mass is 10.1. The van der Waals surface area contributed by atoms with E-state index >= 15 is 0 Å². The minimum atomic E-state index is 0.222. The normalized spacial score (nSPS) is 12.6. The number of hydrogen-bond donors (Lipinski definition) is 2. The van der Waals surface area contributed by atoms with Crippen molar-refractivity contribution in [2.24, 2.45) is 5.84 Å². The number of rotatable bonds is 6. The van der Waals surface area contributed by atoms with Gasteiger partial charge in [-0.2, -0.15) is 0 Å². The van der Waals surface area contributed by atoms with Gasteiger partial charge in [-0.3, -0.25) is 11.3 Å². The van der Waals surface area contributed by atoms with E-state index in [1.54, 1.807) is 24.3 Å². The van der Waals surface area contributed by atoms with E-state index in [9.17, 15) is 0 Å². The van der Waals surface area contributed by atoms with Gasteiger partial charge in [-0.25, -0.2) is 0 Å². The van der Waals surface area contributed by atoms with Gasteiger partial charge >= 0.3 is 0 Å². The molecule has 0 amide bonds. The number of benzene rings is 1. The van der Waals surface area contributed by atoms with Crippen molar-refractivity contribution < 1.29 is 4.42 Å². The summed E-state index contributed by atoms with van der Waals surface area (Å²) in [5.41, 5.74) is 4.01. The first-order chi connectivity index (χ1) is 8.79. The van der Waals surface area contributed by atoms with Gasteiger partial charge in [-0.1, -0.05) is 12.1 Å². The number of hydrazine groups is 1. The Bertz CT molecular complexity index is 476. The van der Waals surface area contributed by atoms with E-state index < -0.39 is 0 Å². The summed E-state index contributed by atoms with van der Waals surface area (Å²) in [5.74, 6) is 6.49. The zero-order chi connectivity index (χ0) is 12.8. The lowest BCUT2D eigenvalue weighted by molar-refractivity contribution is 0.548. The van der Waals surface area contributed by atoms with Crippen LogP contribution in [0.2, 0.25) is 0 Å². The number of thioether (sulfide) groups is 1. The van der Waals surface area contributed by atoms with Crippen molar-refractivity contribution in [1.82, 2.24) is 5.43 Å². The molecule has 0 aliphatic rings. The summed E-state index contributed by atoms with van der Waals surface area (Å²) in [7, 11) is 0. The summed E-state index contributed by atoms with van der Waals surface area (Å²) in [4.78, 5) is 1.23. The third-order valence-electron chi connectivity index (χ3n) is 2.57. The SMILES string of the molecule is NNC(CSc1ccccc1Br)Cc1ccoc1. The predicted molar refractivity (Wildman–Crippen MR) is 78.4 cm³/mol. The quantitative estimate of drug-likeness (QED) is 0.486. The van der Waals surface area contributed by atoms with Gasteiger partial charge in [0.1, 0.15) is 0 Å². The molecule has 0 saturated heterocycles. The molecule has 3 N–H and O–H groups in total. The molecule has 1 heterocycles. The van der Waals surface area contributed by atoms with E-state index in [0.29, 0.717) is 0 Å². The summed E-state index contributed by atoms with van der Waals surface area (Å²) in [6, 6.07) is 10.4. The molecule has 0 aliphatic heterocycles. The molecule has 2 aromatic rings.